The van der Waals surface area contributed by atoms with Crippen molar-refractivity contribution in [2.24, 2.45) is 4.99 Å². The zero-order valence-electron chi connectivity index (χ0n) is 13.5. The molecule has 0 amide bonds. The molecule has 2 N–H and O–H groups in total. The Morgan fingerprint density at radius 3 is 2.50 bits per heavy atom. The standard InChI is InChI=1S/C16H27N3O3/c1-17-16(18-9-6-11-21-14-13-20-2)19-10-12-22-15-7-4-3-5-8-15/h3-5,7-8H,6,9-14H2,1-2H3,(H2,17,18,19). The summed E-state index contributed by atoms with van der Waals surface area (Å²) in [6, 6.07) is 9.76. The van der Waals surface area contributed by atoms with Gasteiger partial charge < -0.3 is 24.8 Å². The van der Waals surface area contributed by atoms with Crippen molar-refractivity contribution in [2.75, 3.05) is 53.7 Å². The molecule has 0 radical (unpaired) electrons. The van der Waals surface area contributed by atoms with E-state index in [9.17, 15) is 0 Å². The summed E-state index contributed by atoms with van der Waals surface area (Å²) in [5, 5.41) is 6.44. The van der Waals surface area contributed by atoms with E-state index in [1.807, 2.05) is 30.3 Å². The van der Waals surface area contributed by atoms with E-state index in [1.165, 1.54) is 0 Å². The lowest BCUT2D eigenvalue weighted by molar-refractivity contribution is 0.0698. The Balaban J connectivity index is 2.00. The smallest absolute Gasteiger partial charge is 0.191 e. The Bertz CT molecular complexity index is 399. The third-order valence-electron chi connectivity index (χ3n) is 2.82. The Labute approximate surface area is 132 Å². The van der Waals surface area contributed by atoms with Crippen LogP contribution in [0, 0.1) is 0 Å². The highest BCUT2D eigenvalue weighted by atomic mass is 16.5. The molecule has 0 aliphatic rings. The largest absolute Gasteiger partial charge is 0.492 e. The number of para-hydroxylation sites is 1. The van der Waals surface area contributed by atoms with Crippen LogP contribution >= 0.6 is 0 Å². The van der Waals surface area contributed by atoms with Gasteiger partial charge in [-0.25, -0.2) is 0 Å². The van der Waals surface area contributed by atoms with Gasteiger partial charge in [-0.15, -0.1) is 0 Å². The van der Waals surface area contributed by atoms with Gasteiger partial charge in [0.1, 0.15) is 12.4 Å². The Hall–Kier alpha value is -1.79. The fraction of sp³-hybridized carbons (Fsp3) is 0.562. The van der Waals surface area contributed by atoms with Crippen molar-refractivity contribution in [2.45, 2.75) is 6.42 Å². The number of nitrogens with one attached hydrogen (secondary N) is 2. The summed E-state index contributed by atoms with van der Waals surface area (Å²) in [4.78, 5) is 4.16. The summed E-state index contributed by atoms with van der Waals surface area (Å²) in [5.74, 6) is 1.65. The van der Waals surface area contributed by atoms with Crippen LogP contribution in [0.4, 0.5) is 0 Å². The van der Waals surface area contributed by atoms with Crippen LogP contribution in [0.25, 0.3) is 0 Å². The van der Waals surface area contributed by atoms with Gasteiger partial charge in [-0.2, -0.15) is 0 Å². The van der Waals surface area contributed by atoms with Gasteiger partial charge in [0.05, 0.1) is 19.8 Å². The van der Waals surface area contributed by atoms with Gasteiger partial charge in [0, 0.05) is 27.3 Å². The molecule has 0 saturated carbocycles. The van der Waals surface area contributed by atoms with Gasteiger partial charge in [0.25, 0.3) is 0 Å². The summed E-state index contributed by atoms with van der Waals surface area (Å²) in [7, 11) is 3.42. The van der Waals surface area contributed by atoms with Crippen LogP contribution in [0.1, 0.15) is 6.42 Å². The van der Waals surface area contributed by atoms with Gasteiger partial charge in [-0.1, -0.05) is 18.2 Å². The second kappa shape index (κ2) is 12.9. The Kier molecular flexibility index (Phi) is 10.7. The predicted molar refractivity (Wildman–Crippen MR) is 88.6 cm³/mol. The molecule has 1 aromatic rings. The summed E-state index contributed by atoms with van der Waals surface area (Å²) in [6.45, 7) is 4.08. The van der Waals surface area contributed by atoms with Crippen molar-refractivity contribution in [3.63, 3.8) is 0 Å². The van der Waals surface area contributed by atoms with E-state index in [0.29, 0.717) is 33.0 Å². The topological polar surface area (TPSA) is 64.1 Å². The highest BCUT2D eigenvalue weighted by Crippen LogP contribution is 2.07. The van der Waals surface area contributed by atoms with Gasteiger partial charge in [-0.05, 0) is 18.6 Å². The number of hydrogen-bond donors (Lipinski definition) is 2. The van der Waals surface area contributed by atoms with Crippen molar-refractivity contribution in [1.29, 1.82) is 0 Å². The molecule has 0 aliphatic heterocycles. The number of ether oxygens (including phenoxy) is 3. The van der Waals surface area contributed by atoms with E-state index in [-0.39, 0.29) is 0 Å². The first-order chi connectivity index (χ1) is 10.9. The van der Waals surface area contributed by atoms with E-state index in [2.05, 4.69) is 15.6 Å². The maximum atomic E-state index is 5.60. The first-order valence-electron chi connectivity index (χ1n) is 7.56. The monoisotopic (exact) mass is 309 g/mol. The van der Waals surface area contributed by atoms with Crippen molar-refractivity contribution in [3.05, 3.63) is 30.3 Å². The minimum Gasteiger partial charge on any atom is -0.492 e. The van der Waals surface area contributed by atoms with E-state index in [0.717, 1.165) is 24.7 Å². The summed E-state index contributed by atoms with van der Waals surface area (Å²) >= 11 is 0. The lowest BCUT2D eigenvalue weighted by atomic mass is 10.3. The van der Waals surface area contributed by atoms with Crippen molar-refractivity contribution in [1.82, 2.24) is 10.6 Å². The molecule has 6 heteroatoms. The number of methoxy groups -OCH3 is 1. The van der Waals surface area contributed by atoms with Crippen molar-refractivity contribution < 1.29 is 14.2 Å². The fourth-order valence-corrected chi connectivity index (χ4v) is 1.70. The molecule has 0 heterocycles. The SMILES string of the molecule is CN=C(NCCCOCCOC)NCCOc1ccccc1. The van der Waals surface area contributed by atoms with Crippen LogP contribution in [0.15, 0.2) is 35.3 Å². The maximum Gasteiger partial charge on any atom is 0.191 e. The molecule has 1 rings (SSSR count). The highest BCUT2D eigenvalue weighted by Gasteiger charge is 1.97. The molecule has 0 unspecified atom stereocenters. The average Bonchev–Trinajstić information content (AvgIpc) is 2.57. The summed E-state index contributed by atoms with van der Waals surface area (Å²) in [5.41, 5.74) is 0. The molecule has 0 saturated heterocycles. The molecule has 0 aromatic heterocycles. The number of nitrogens with zero attached hydrogens (tertiary/aromatic N) is 1. The minimum atomic E-state index is 0.588. The molecule has 22 heavy (non-hydrogen) atoms. The van der Waals surface area contributed by atoms with Crippen molar-refractivity contribution in [3.8, 4) is 5.75 Å². The van der Waals surface area contributed by atoms with E-state index in [4.69, 9.17) is 14.2 Å². The summed E-state index contributed by atoms with van der Waals surface area (Å²) < 4.78 is 15.9. The van der Waals surface area contributed by atoms with E-state index in [1.54, 1.807) is 14.2 Å². The molecule has 124 valence electrons. The van der Waals surface area contributed by atoms with Gasteiger partial charge >= 0.3 is 0 Å². The van der Waals surface area contributed by atoms with Crippen LogP contribution in [-0.4, -0.2) is 59.6 Å². The van der Waals surface area contributed by atoms with Gasteiger partial charge in [0.15, 0.2) is 5.96 Å². The molecule has 0 fully saturated rings. The maximum absolute atomic E-state index is 5.60. The van der Waals surface area contributed by atoms with Crippen LogP contribution in [0.5, 0.6) is 5.75 Å². The molecule has 0 bridgehead atoms. The number of aliphatic imine (C=N–C) groups is 1. The van der Waals surface area contributed by atoms with Gasteiger partial charge in [0.2, 0.25) is 0 Å². The molecule has 0 atom stereocenters. The van der Waals surface area contributed by atoms with E-state index < -0.39 is 0 Å². The Morgan fingerprint density at radius 1 is 1.00 bits per heavy atom. The van der Waals surface area contributed by atoms with Crippen LogP contribution in [0.3, 0.4) is 0 Å². The normalized spacial score (nSPS) is 11.3. The zero-order chi connectivity index (χ0) is 15.9. The van der Waals surface area contributed by atoms with Crippen LogP contribution in [-0.2, 0) is 9.47 Å². The van der Waals surface area contributed by atoms with Crippen molar-refractivity contribution >= 4 is 5.96 Å². The Morgan fingerprint density at radius 2 is 1.77 bits per heavy atom. The summed E-state index contributed by atoms with van der Waals surface area (Å²) in [6.07, 6.45) is 0.922. The minimum absolute atomic E-state index is 0.588. The lowest BCUT2D eigenvalue weighted by Crippen LogP contribution is -2.39. The molecule has 0 aliphatic carbocycles. The molecule has 0 spiro atoms. The fourth-order valence-electron chi connectivity index (χ4n) is 1.70. The first kappa shape index (κ1) is 18.3. The zero-order valence-corrected chi connectivity index (χ0v) is 13.5. The molecule has 1 aromatic carbocycles. The second-order valence-corrected chi connectivity index (χ2v) is 4.55. The third-order valence-corrected chi connectivity index (χ3v) is 2.82. The number of hydrogen-bond acceptors (Lipinski definition) is 4. The number of guanidine groups is 1. The number of rotatable bonds is 11. The molecular weight excluding hydrogens is 282 g/mol. The number of benzene rings is 1. The molecular formula is C16H27N3O3. The van der Waals surface area contributed by atoms with Crippen LogP contribution in [0.2, 0.25) is 0 Å². The predicted octanol–water partition coefficient (Wildman–Crippen LogP) is 1.28. The van der Waals surface area contributed by atoms with E-state index >= 15 is 0 Å². The van der Waals surface area contributed by atoms with Crippen LogP contribution < -0.4 is 15.4 Å². The lowest BCUT2D eigenvalue weighted by Gasteiger charge is -2.12. The second-order valence-electron chi connectivity index (χ2n) is 4.55. The quantitative estimate of drug-likeness (QED) is 0.366. The average molecular weight is 309 g/mol. The van der Waals surface area contributed by atoms with Gasteiger partial charge in [-0.3, -0.25) is 4.99 Å². The molecule has 6 nitrogen and oxygen atoms in total. The first-order valence-corrected chi connectivity index (χ1v) is 7.56. The highest BCUT2D eigenvalue weighted by molar-refractivity contribution is 5.79. The third kappa shape index (κ3) is 9.20.